The van der Waals surface area contributed by atoms with Gasteiger partial charge in [0.2, 0.25) is 0 Å². The Morgan fingerprint density at radius 1 is 0.640 bits per heavy atom. The summed E-state index contributed by atoms with van der Waals surface area (Å²) in [5.74, 6) is 0.246. The first kappa shape index (κ1) is 13.9. The molecule has 0 atom stereocenters. The average Bonchev–Trinajstić information content (AvgIpc) is 2.65. The van der Waals surface area contributed by atoms with Crippen molar-refractivity contribution in [3.05, 3.63) is 79.0 Å². The fourth-order valence-electron chi connectivity index (χ4n) is 3.22. The molecule has 1 heterocycles. The topological polar surface area (TPSA) is 46.0 Å². The number of phenols is 1. The van der Waals surface area contributed by atoms with E-state index in [9.17, 15) is 5.11 Å². The number of benzene rings is 4. The van der Waals surface area contributed by atoms with Crippen LogP contribution in [0.1, 0.15) is 0 Å². The normalized spacial score (nSPS) is 11.4. The lowest BCUT2D eigenvalue weighted by atomic mass is 10.0. The molecule has 1 aromatic heterocycles. The summed E-state index contributed by atoms with van der Waals surface area (Å²) in [6.45, 7) is 0. The first-order valence-corrected chi connectivity index (χ1v) is 8.15. The van der Waals surface area contributed by atoms with Crippen LogP contribution < -0.4 is 0 Å². The number of rotatable bonds is 1. The maximum Gasteiger partial charge on any atom is 0.115 e. The van der Waals surface area contributed by atoms with Crippen molar-refractivity contribution < 1.29 is 5.11 Å². The fraction of sp³-hybridized carbons (Fsp3) is 0. The van der Waals surface area contributed by atoms with Crippen LogP contribution in [0.3, 0.4) is 0 Å². The summed E-state index contributed by atoms with van der Waals surface area (Å²) in [5, 5.41) is 14.2. The van der Waals surface area contributed by atoms with Crippen LogP contribution in [0.2, 0.25) is 0 Å². The van der Waals surface area contributed by atoms with E-state index in [0.717, 1.165) is 33.1 Å². The van der Waals surface area contributed by atoms with Gasteiger partial charge < -0.3 is 5.11 Å². The Kier molecular flexibility index (Phi) is 2.94. The number of phenolic OH excluding ortho intramolecular Hbond substituents is 1. The van der Waals surface area contributed by atoms with Crippen molar-refractivity contribution >= 4 is 32.6 Å². The molecule has 3 nitrogen and oxygen atoms in total. The van der Waals surface area contributed by atoms with E-state index in [1.54, 1.807) is 18.3 Å². The molecule has 0 unspecified atom stereocenters. The number of aromatic hydroxyl groups is 1. The Bertz CT molecular complexity index is 1240. The zero-order valence-corrected chi connectivity index (χ0v) is 13.3. The van der Waals surface area contributed by atoms with Crippen LogP contribution in [0, 0.1) is 0 Å². The third-order valence-corrected chi connectivity index (χ3v) is 4.53. The largest absolute Gasteiger partial charge is 0.508 e. The monoisotopic (exact) mass is 322 g/mol. The maximum atomic E-state index is 9.44. The lowest BCUT2D eigenvalue weighted by molar-refractivity contribution is 0.475. The first-order valence-electron chi connectivity index (χ1n) is 8.15. The van der Waals surface area contributed by atoms with E-state index in [0.29, 0.717) is 0 Å². The Hall–Kier alpha value is -3.46. The van der Waals surface area contributed by atoms with Crippen molar-refractivity contribution in [2.75, 3.05) is 0 Å². The third-order valence-electron chi connectivity index (χ3n) is 4.53. The minimum absolute atomic E-state index is 0.246. The second kappa shape index (κ2) is 5.28. The Labute approximate surface area is 144 Å². The fourth-order valence-corrected chi connectivity index (χ4v) is 3.22. The van der Waals surface area contributed by atoms with Crippen molar-refractivity contribution in [2.45, 2.75) is 0 Å². The molecule has 0 aliphatic rings. The summed E-state index contributed by atoms with van der Waals surface area (Å²) >= 11 is 0. The van der Waals surface area contributed by atoms with Crippen molar-refractivity contribution in [1.82, 2.24) is 9.97 Å². The predicted molar refractivity (Wildman–Crippen MR) is 102 cm³/mol. The third kappa shape index (κ3) is 2.37. The van der Waals surface area contributed by atoms with Gasteiger partial charge in [-0.3, -0.25) is 4.98 Å². The van der Waals surface area contributed by atoms with Gasteiger partial charge >= 0.3 is 0 Å². The molecule has 0 aliphatic carbocycles. The van der Waals surface area contributed by atoms with Crippen LogP contribution >= 0.6 is 0 Å². The summed E-state index contributed by atoms with van der Waals surface area (Å²) in [5.41, 5.74) is 3.48. The number of hydrogen-bond donors (Lipinski definition) is 1. The number of hydrogen-bond acceptors (Lipinski definition) is 3. The van der Waals surface area contributed by atoms with E-state index in [1.165, 1.54) is 10.8 Å². The van der Waals surface area contributed by atoms with Gasteiger partial charge in [0.15, 0.2) is 0 Å². The molecule has 5 aromatic rings. The predicted octanol–water partition coefficient (Wildman–Crippen LogP) is 5.31. The first-order chi connectivity index (χ1) is 12.3. The molecule has 1 N–H and O–H groups in total. The lowest BCUT2D eigenvalue weighted by Gasteiger charge is -2.06. The van der Waals surface area contributed by atoms with Crippen LogP contribution in [0.4, 0.5) is 0 Å². The maximum absolute atomic E-state index is 9.44. The average molecular weight is 322 g/mol. The van der Waals surface area contributed by atoms with Gasteiger partial charge in [-0.15, -0.1) is 0 Å². The Morgan fingerprint density at radius 3 is 1.96 bits per heavy atom. The van der Waals surface area contributed by atoms with Gasteiger partial charge in [-0.2, -0.15) is 0 Å². The minimum Gasteiger partial charge on any atom is -0.508 e. The number of nitrogens with zero attached hydrogens (tertiary/aromatic N) is 2. The minimum atomic E-state index is 0.246. The summed E-state index contributed by atoms with van der Waals surface area (Å²) in [4.78, 5) is 9.35. The SMILES string of the molecule is Oc1ccc(-c2cnc3cc4cc5ccccc5cc4cc3n2)cc1. The van der Waals surface area contributed by atoms with E-state index >= 15 is 0 Å². The molecule has 0 spiro atoms. The molecule has 118 valence electrons. The van der Waals surface area contributed by atoms with Crippen LogP contribution in [-0.4, -0.2) is 15.1 Å². The van der Waals surface area contributed by atoms with E-state index in [-0.39, 0.29) is 5.75 Å². The molecule has 0 aliphatic heterocycles. The van der Waals surface area contributed by atoms with Crippen molar-refractivity contribution in [3.8, 4) is 17.0 Å². The van der Waals surface area contributed by atoms with Crippen LogP contribution in [0.5, 0.6) is 5.75 Å². The quantitative estimate of drug-likeness (QED) is 0.425. The van der Waals surface area contributed by atoms with Gasteiger partial charge in [-0.05, 0) is 70.1 Å². The molecular weight excluding hydrogens is 308 g/mol. The van der Waals surface area contributed by atoms with Crippen molar-refractivity contribution in [3.63, 3.8) is 0 Å². The van der Waals surface area contributed by atoms with Gasteiger partial charge in [0.25, 0.3) is 0 Å². The highest BCUT2D eigenvalue weighted by Crippen LogP contribution is 2.27. The molecule has 5 rings (SSSR count). The van der Waals surface area contributed by atoms with Crippen molar-refractivity contribution in [1.29, 1.82) is 0 Å². The second-order valence-electron chi connectivity index (χ2n) is 6.19. The van der Waals surface area contributed by atoms with E-state index in [1.807, 2.05) is 12.1 Å². The molecule has 0 fully saturated rings. The summed E-state index contributed by atoms with van der Waals surface area (Å²) in [6.07, 6.45) is 1.78. The van der Waals surface area contributed by atoms with Gasteiger partial charge in [0.05, 0.1) is 22.9 Å². The summed E-state index contributed by atoms with van der Waals surface area (Å²) in [6, 6.07) is 23.9. The standard InChI is InChI=1S/C22H14N2O/c25-19-7-5-14(6-8-19)22-13-23-20-11-17-9-15-3-1-2-4-16(15)10-18(17)12-21(20)24-22/h1-13,25H. The molecular formula is C22H14N2O. The van der Waals surface area contributed by atoms with Crippen LogP contribution in [0.15, 0.2) is 79.0 Å². The van der Waals surface area contributed by atoms with E-state index in [4.69, 9.17) is 4.98 Å². The number of aromatic nitrogens is 2. The smallest absolute Gasteiger partial charge is 0.115 e. The Morgan fingerprint density at radius 2 is 1.28 bits per heavy atom. The summed E-state index contributed by atoms with van der Waals surface area (Å²) in [7, 11) is 0. The summed E-state index contributed by atoms with van der Waals surface area (Å²) < 4.78 is 0. The van der Waals surface area contributed by atoms with Gasteiger partial charge in [-0.25, -0.2) is 4.98 Å². The molecule has 4 aromatic carbocycles. The number of fused-ring (bicyclic) bond motifs is 3. The van der Waals surface area contributed by atoms with Crippen molar-refractivity contribution in [2.24, 2.45) is 0 Å². The Balaban J connectivity index is 1.73. The second-order valence-corrected chi connectivity index (χ2v) is 6.19. The lowest BCUT2D eigenvalue weighted by Crippen LogP contribution is -1.89. The molecule has 0 saturated carbocycles. The van der Waals surface area contributed by atoms with E-state index in [2.05, 4.69) is 53.5 Å². The zero-order valence-electron chi connectivity index (χ0n) is 13.3. The molecule has 25 heavy (non-hydrogen) atoms. The van der Waals surface area contributed by atoms with Gasteiger partial charge in [-0.1, -0.05) is 24.3 Å². The van der Waals surface area contributed by atoms with Gasteiger partial charge in [0.1, 0.15) is 5.75 Å². The molecule has 0 amide bonds. The molecule has 3 heteroatoms. The molecule has 0 saturated heterocycles. The van der Waals surface area contributed by atoms with Crippen LogP contribution in [0.25, 0.3) is 43.8 Å². The van der Waals surface area contributed by atoms with Crippen LogP contribution in [-0.2, 0) is 0 Å². The molecule has 0 radical (unpaired) electrons. The highest BCUT2D eigenvalue weighted by atomic mass is 16.3. The highest BCUT2D eigenvalue weighted by Gasteiger charge is 2.06. The van der Waals surface area contributed by atoms with E-state index < -0.39 is 0 Å². The highest BCUT2D eigenvalue weighted by molar-refractivity contribution is 6.03. The molecule has 0 bridgehead atoms. The van der Waals surface area contributed by atoms with Gasteiger partial charge in [0, 0.05) is 5.56 Å². The zero-order chi connectivity index (χ0) is 16.8.